The van der Waals surface area contributed by atoms with Gasteiger partial charge in [0, 0.05) is 44.5 Å². The molecule has 8 heteroatoms. The number of piperazine rings is 1. The molecule has 2 aromatic carbocycles. The fourth-order valence-corrected chi connectivity index (χ4v) is 3.50. The minimum atomic E-state index is -0.0962. The van der Waals surface area contributed by atoms with Gasteiger partial charge in [-0.3, -0.25) is 9.69 Å². The van der Waals surface area contributed by atoms with E-state index in [9.17, 15) is 4.79 Å². The number of hydrogen-bond acceptors (Lipinski definition) is 4. The smallest absolute Gasteiger partial charge is 0.253 e. The predicted molar refractivity (Wildman–Crippen MR) is 128 cm³/mol. The minimum absolute atomic E-state index is 0. The van der Waals surface area contributed by atoms with Crippen molar-refractivity contribution in [1.29, 1.82) is 0 Å². The summed E-state index contributed by atoms with van der Waals surface area (Å²) >= 11 is 0. The molecular weight excluding hydrogens is 431 g/mol. The molecule has 1 fully saturated rings. The topological polar surface area (TPSA) is 61.6 Å². The molecule has 1 unspecified atom stereocenters. The number of halogens is 3. The molecule has 0 spiro atoms. The molecule has 1 amide bonds. The van der Waals surface area contributed by atoms with Crippen LogP contribution in [0.5, 0.6) is 0 Å². The summed E-state index contributed by atoms with van der Waals surface area (Å²) in [6.07, 6.45) is 0.922. The molecule has 1 heterocycles. The molecule has 3 N–H and O–H groups in total. The second-order valence-corrected chi connectivity index (χ2v) is 6.92. The third-order valence-corrected chi connectivity index (χ3v) is 4.99. The molecule has 5 nitrogen and oxygen atoms in total. The number of carbonyl (C=O) groups is 1. The average Bonchev–Trinajstić information content (AvgIpc) is 2.67. The van der Waals surface area contributed by atoms with Gasteiger partial charge in [0.25, 0.3) is 5.91 Å². The Hall–Kier alpha value is -1.50. The number of benzene rings is 2. The average molecular weight is 462 g/mol. The van der Waals surface area contributed by atoms with E-state index in [0.29, 0.717) is 23.8 Å². The first-order valence-corrected chi connectivity index (χ1v) is 9.25. The summed E-state index contributed by atoms with van der Waals surface area (Å²) in [7, 11) is 2.18. The lowest BCUT2D eigenvalue weighted by Gasteiger charge is -2.40. The minimum Gasteiger partial charge on any atom is -0.398 e. The molecular formula is C21H31Cl3N4O. The van der Waals surface area contributed by atoms with E-state index in [1.807, 2.05) is 12.1 Å². The maximum absolute atomic E-state index is 12.2. The molecule has 0 bridgehead atoms. The number of para-hydroxylation sites is 1. The van der Waals surface area contributed by atoms with Gasteiger partial charge in [0.1, 0.15) is 0 Å². The van der Waals surface area contributed by atoms with Crippen molar-refractivity contribution in [2.45, 2.75) is 12.5 Å². The highest BCUT2D eigenvalue weighted by atomic mass is 35.5. The van der Waals surface area contributed by atoms with E-state index in [0.717, 1.165) is 32.6 Å². The van der Waals surface area contributed by atoms with Crippen molar-refractivity contribution in [2.24, 2.45) is 0 Å². The molecule has 162 valence electrons. The summed E-state index contributed by atoms with van der Waals surface area (Å²) < 4.78 is 0. The number of nitrogens with one attached hydrogen (secondary N) is 1. The number of nitrogens with two attached hydrogens (primary N) is 1. The fraction of sp³-hybridized carbons (Fsp3) is 0.381. The zero-order valence-corrected chi connectivity index (χ0v) is 19.1. The van der Waals surface area contributed by atoms with Crippen LogP contribution in [-0.4, -0.2) is 55.5 Å². The van der Waals surface area contributed by atoms with Gasteiger partial charge in [-0.15, -0.1) is 37.2 Å². The zero-order valence-electron chi connectivity index (χ0n) is 16.6. The Labute approximate surface area is 192 Å². The van der Waals surface area contributed by atoms with Gasteiger partial charge < -0.3 is 16.0 Å². The van der Waals surface area contributed by atoms with Crippen molar-refractivity contribution in [2.75, 3.05) is 45.5 Å². The van der Waals surface area contributed by atoms with Crippen molar-refractivity contribution < 1.29 is 4.79 Å². The van der Waals surface area contributed by atoms with Gasteiger partial charge >= 0.3 is 0 Å². The molecule has 2 aromatic rings. The van der Waals surface area contributed by atoms with E-state index >= 15 is 0 Å². The number of rotatable bonds is 6. The zero-order chi connectivity index (χ0) is 18.4. The molecule has 3 rings (SSSR count). The molecule has 0 aromatic heterocycles. The van der Waals surface area contributed by atoms with Gasteiger partial charge in [-0.2, -0.15) is 0 Å². The Balaban J connectivity index is 0.00000261. The highest BCUT2D eigenvalue weighted by Gasteiger charge is 2.25. The second kappa shape index (κ2) is 13.7. The first-order chi connectivity index (χ1) is 12.6. The van der Waals surface area contributed by atoms with Crippen molar-refractivity contribution >= 4 is 48.8 Å². The quantitative estimate of drug-likeness (QED) is 0.509. The van der Waals surface area contributed by atoms with Gasteiger partial charge in [0.15, 0.2) is 0 Å². The standard InChI is InChI=1S/C21H28N4O.3ClH/c1-24-14-15-25(20(16-24)17-8-3-2-4-9-17)13-7-12-23-21(26)18-10-5-6-11-19(18)22;;;/h2-6,8-11,20H,7,12-16,22H2,1H3,(H,23,26);3*1H. The summed E-state index contributed by atoms with van der Waals surface area (Å²) in [5.41, 5.74) is 8.30. The summed E-state index contributed by atoms with van der Waals surface area (Å²) in [5, 5.41) is 2.99. The monoisotopic (exact) mass is 460 g/mol. The third kappa shape index (κ3) is 7.68. The van der Waals surface area contributed by atoms with Crippen LogP contribution >= 0.6 is 37.2 Å². The number of nitrogens with zero attached hydrogens (tertiary/aromatic N) is 2. The first-order valence-electron chi connectivity index (χ1n) is 9.25. The van der Waals surface area contributed by atoms with E-state index in [1.165, 1.54) is 5.56 Å². The van der Waals surface area contributed by atoms with E-state index < -0.39 is 0 Å². The summed E-state index contributed by atoms with van der Waals surface area (Å²) in [6.45, 7) is 4.79. The molecule has 29 heavy (non-hydrogen) atoms. The summed E-state index contributed by atoms with van der Waals surface area (Å²) in [4.78, 5) is 17.1. The molecule has 0 aliphatic carbocycles. The van der Waals surface area contributed by atoms with Gasteiger partial charge in [0.05, 0.1) is 5.56 Å². The van der Waals surface area contributed by atoms with Crippen molar-refractivity contribution in [3.05, 3.63) is 65.7 Å². The molecule has 1 aliphatic rings. The molecule has 1 atom stereocenters. The van der Waals surface area contributed by atoms with Crippen LogP contribution in [0.3, 0.4) is 0 Å². The maximum Gasteiger partial charge on any atom is 0.253 e. The van der Waals surface area contributed by atoms with Gasteiger partial charge in [-0.25, -0.2) is 0 Å². The van der Waals surface area contributed by atoms with Crippen LogP contribution in [0.4, 0.5) is 5.69 Å². The fourth-order valence-electron chi connectivity index (χ4n) is 3.50. The number of amides is 1. The second-order valence-electron chi connectivity index (χ2n) is 6.92. The van der Waals surface area contributed by atoms with Crippen LogP contribution in [0.1, 0.15) is 28.4 Å². The van der Waals surface area contributed by atoms with E-state index in [2.05, 4.69) is 52.5 Å². The number of likely N-dealkylation sites (N-methyl/N-ethyl adjacent to an activating group) is 1. The van der Waals surface area contributed by atoms with Crippen LogP contribution in [-0.2, 0) is 0 Å². The number of carbonyl (C=O) groups excluding carboxylic acids is 1. The summed E-state index contributed by atoms with van der Waals surface area (Å²) in [5.74, 6) is -0.0962. The van der Waals surface area contributed by atoms with Crippen LogP contribution < -0.4 is 11.1 Å². The van der Waals surface area contributed by atoms with Crippen molar-refractivity contribution in [3.63, 3.8) is 0 Å². The van der Waals surface area contributed by atoms with E-state index in [-0.39, 0.29) is 43.1 Å². The molecule has 0 radical (unpaired) electrons. The largest absolute Gasteiger partial charge is 0.398 e. The molecule has 1 aliphatic heterocycles. The molecule has 0 saturated carbocycles. The maximum atomic E-state index is 12.2. The first kappa shape index (κ1) is 27.5. The SMILES string of the molecule is CN1CCN(CCCNC(=O)c2ccccc2N)C(c2ccccc2)C1.Cl.Cl.Cl. The normalized spacial score (nSPS) is 16.7. The van der Waals surface area contributed by atoms with Crippen molar-refractivity contribution in [3.8, 4) is 0 Å². The lowest BCUT2D eigenvalue weighted by Crippen LogP contribution is -2.47. The van der Waals surface area contributed by atoms with Crippen molar-refractivity contribution in [1.82, 2.24) is 15.1 Å². The Morgan fingerprint density at radius 2 is 1.69 bits per heavy atom. The van der Waals surface area contributed by atoms with Gasteiger partial charge in [0.2, 0.25) is 0 Å². The highest BCUT2D eigenvalue weighted by molar-refractivity contribution is 5.99. The Kier molecular flexibility index (Phi) is 13.0. The number of hydrogen-bond donors (Lipinski definition) is 2. The lowest BCUT2D eigenvalue weighted by molar-refractivity contribution is 0.0866. The van der Waals surface area contributed by atoms with E-state index in [4.69, 9.17) is 5.73 Å². The Morgan fingerprint density at radius 1 is 1.03 bits per heavy atom. The number of anilines is 1. The Bertz CT molecular complexity index is 733. The van der Waals surface area contributed by atoms with Crippen LogP contribution in [0.2, 0.25) is 0 Å². The predicted octanol–water partition coefficient (Wildman–Crippen LogP) is 3.64. The highest BCUT2D eigenvalue weighted by Crippen LogP contribution is 2.24. The van der Waals surface area contributed by atoms with E-state index in [1.54, 1.807) is 12.1 Å². The molecule has 1 saturated heterocycles. The van der Waals surface area contributed by atoms with Gasteiger partial charge in [-0.1, -0.05) is 42.5 Å². The summed E-state index contributed by atoms with van der Waals surface area (Å²) in [6, 6.07) is 18.3. The van der Waals surface area contributed by atoms with Crippen LogP contribution in [0, 0.1) is 0 Å². The number of nitrogen functional groups attached to an aromatic ring is 1. The lowest BCUT2D eigenvalue weighted by atomic mass is 10.0. The van der Waals surface area contributed by atoms with Crippen LogP contribution in [0.25, 0.3) is 0 Å². The van der Waals surface area contributed by atoms with Crippen LogP contribution in [0.15, 0.2) is 54.6 Å². The third-order valence-electron chi connectivity index (χ3n) is 4.99. The Morgan fingerprint density at radius 3 is 2.38 bits per heavy atom. The van der Waals surface area contributed by atoms with Gasteiger partial charge in [-0.05, 0) is 31.2 Å².